The van der Waals surface area contributed by atoms with Crippen molar-refractivity contribution in [2.24, 2.45) is 0 Å². The van der Waals surface area contributed by atoms with Gasteiger partial charge in [-0.05, 0) is 69.8 Å². The molecule has 168 valence electrons. The van der Waals surface area contributed by atoms with Gasteiger partial charge in [0, 0.05) is 42.8 Å². The Morgan fingerprint density at radius 2 is 1.73 bits per heavy atom. The van der Waals surface area contributed by atoms with Crippen LogP contribution in [0.5, 0.6) is 0 Å². The molecule has 2 aliphatic heterocycles. The first-order chi connectivity index (χ1) is 13.7. The van der Waals surface area contributed by atoms with Crippen molar-refractivity contribution in [2.75, 3.05) is 32.7 Å². The predicted molar refractivity (Wildman–Crippen MR) is 129 cm³/mol. The van der Waals surface area contributed by atoms with Crippen molar-refractivity contribution in [3.8, 4) is 0 Å². The van der Waals surface area contributed by atoms with Gasteiger partial charge in [0.2, 0.25) is 0 Å². The molecule has 0 saturated carbocycles. The summed E-state index contributed by atoms with van der Waals surface area (Å²) in [5.74, 6) is 0. The van der Waals surface area contributed by atoms with Gasteiger partial charge in [0.05, 0.1) is 12.1 Å². The Hall–Kier alpha value is -0.780. The van der Waals surface area contributed by atoms with E-state index in [1.165, 1.54) is 61.4 Å². The van der Waals surface area contributed by atoms with Crippen molar-refractivity contribution in [1.82, 2.24) is 14.4 Å². The fraction of sp³-hybridized carbons (Fsp3) is 0.667. The van der Waals surface area contributed by atoms with Crippen molar-refractivity contribution >= 4 is 35.7 Å². The number of benzene rings is 1. The number of aliphatic hydroxyl groups excluding tert-OH is 1. The third kappa shape index (κ3) is 4.54. The summed E-state index contributed by atoms with van der Waals surface area (Å²) in [5, 5.41) is 12.4. The number of fused-ring (bicyclic) bond motifs is 3. The summed E-state index contributed by atoms with van der Waals surface area (Å²) in [6, 6.07) is 7.45. The zero-order valence-electron chi connectivity index (χ0n) is 18.2. The van der Waals surface area contributed by atoms with Crippen LogP contribution in [-0.2, 0) is 13.0 Å². The zero-order valence-corrected chi connectivity index (χ0v) is 19.8. The van der Waals surface area contributed by atoms with Gasteiger partial charge in [0.1, 0.15) is 0 Å². The number of hydrogen-bond acceptors (Lipinski definition) is 3. The van der Waals surface area contributed by atoms with Crippen molar-refractivity contribution in [2.45, 2.75) is 70.6 Å². The molecule has 6 heteroatoms. The summed E-state index contributed by atoms with van der Waals surface area (Å²) in [5.41, 5.74) is 5.92. The maximum atomic E-state index is 10.9. The molecule has 1 aromatic carbocycles. The Morgan fingerprint density at radius 3 is 2.50 bits per heavy atom. The molecule has 0 spiro atoms. The molecule has 1 aliphatic carbocycles. The van der Waals surface area contributed by atoms with Crippen molar-refractivity contribution in [3.05, 3.63) is 35.0 Å². The molecule has 3 heterocycles. The largest absolute Gasteiger partial charge is 0.390 e. The van der Waals surface area contributed by atoms with Crippen molar-refractivity contribution in [1.29, 1.82) is 0 Å². The van der Waals surface area contributed by atoms with E-state index in [-0.39, 0.29) is 30.9 Å². The van der Waals surface area contributed by atoms with Crippen molar-refractivity contribution < 1.29 is 5.11 Å². The maximum absolute atomic E-state index is 10.9. The summed E-state index contributed by atoms with van der Waals surface area (Å²) in [4.78, 5) is 5.08. The average Bonchev–Trinajstić information content (AvgIpc) is 2.83. The topological polar surface area (TPSA) is 31.6 Å². The number of hydrogen-bond donors (Lipinski definition) is 1. The van der Waals surface area contributed by atoms with Crippen LogP contribution in [0.25, 0.3) is 10.9 Å². The highest BCUT2D eigenvalue weighted by Crippen LogP contribution is 2.42. The molecule has 2 atom stereocenters. The molecule has 1 saturated heterocycles. The highest BCUT2D eigenvalue weighted by atomic mass is 35.5. The minimum Gasteiger partial charge on any atom is -0.390 e. The molecule has 2 aromatic rings. The third-order valence-corrected chi connectivity index (χ3v) is 7.25. The molecule has 1 aromatic heterocycles. The number of aliphatic hydroxyl groups is 1. The van der Waals surface area contributed by atoms with Gasteiger partial charge in [0.25, 0.3) is 0 Å². The normalized spacial score (nSPS) is 23.2. The van der Waals surface area contributed by atoms with Crippen molar-refractivity contribution in [3.63, 3.8) is 0 Å². The second-order valence-electron chi connectivity index (χ2n) is 9.31. The van der Waals surface area contributed by atoms with Crippen LogP contribution in [0, 0.1) is 6.92 Å². The van der Waals surface area contributed by atoms with E-state index in [1.54, 1.807) is 11.3 Å². The molecule has 0 amide bonds. The van der Waals surface area contributed by atoms with Crippen LogP contribution in [-0.4, -0.2) is 58.3 Å². The Morgan fingerprint density at radius 1 is 0.967 bits per heavy atom. The van der Waals surface area contributed by atoms with Gasteiger partial charge >= 0.3 is 0 Å². The van der Waals surface area contributed by atoms with Gasteiger partial charge < -0.3 is 14.6 Å². The summed E-state index contributed by atoms with van der Waals surface area (Å²) < 4.78 is 2.59. The molecule has 2 unspecified atom stereocenters. The molecule has 1 fully saturated rings. The first kappa shape index (κ1) is 23.9. The number of aryl methyl sites for hydroxylation is 2. The van der Waals surface area contributed by atoms with Gasteiger partial charge in [-0.15, -0.1) is 24.8 Å². The summed E-state index contributed by atoms with van der Waals surface area (Å²) in [6.07, 6.45) is 8.78. The van der Waals surface area contributed by atoms with E-state index < -0.39 is 0 Å². The number of rotatable bonds is 4. The van der Waals surface area contributed by atoms with Gasteiger partial charge in [-0.3, -0.25) is 4.90 Å². The minimum absolute atomic E-state index is 0. The van der Waals surface area contributed by atoms with E-state index in [0.29, 0.717) is 6.04 Å². The lowest BCUT2D eigenvalue weighted by Crippen LogP contribution is -2.46. The van der Waals surface area contributed by atoms with Gasteiger partial charge in [0.15, 0.2) is 0 Å². The zero-order chi connectivity index (χ0) is 19.1. The van der Waals surface area contributed by atoms with Crippen LogP contribution in [0.2, 0.25) is 0 Å². The van der Waals surface area contributed by atoms with Gasteiger partial charge in [-0.25, -0.2) is 0 Å². The Balaban J connectivity index is 0.00000128. The van der Waals surface area contributed by atoms with Gasteiger partial charge in [-0.2, -0.15) is 0 Å². The number of halogens is 2. The molecule has 5 rings (SSSR count). The molecule has 30 heavy (non-hydrogen) atoms. The Bertz CT molecular complexity index is 845. The van der Waals surface area contributed by atoms with Crippen LogP contribution >= 0.6 is 24.8 Å². The number of aromatic nitrogens is 1. The fourth-order valence-corrected chi connectivity index (χ4v) is 5.95. The average molecular weight is 454 g/mol. The molecule has 0 radical (unpaired) electrons. The predicted octanol–water partition coefficient (Wildman–Crippen LogP) is 4.72. The Labute approximate surface area is 193 Å². The summed E-state index contributed by atoms with van der Waals surface area (Å²) >= 11 is 0. The molecular weight excluding hydrogens is 417 g/mol. The van der Waals surface area contributed by atoms with Crippen LogP contribution in [0.3, 0.4) is 0 Å². The lowest BCUT2D eigenvalue weighted by molar-refractivity contribution is 0.0426. The van der Waals surface area contributed by atoms with E-state index in [4.69, 9.17) is 0 Å². The molecule has 1 N–H and O–H groups in total. The van der Waals surface area contributed by atoms with E-state index >= 15 is 0 Å². The second-order valence-corrected chi connectivity index (χ2v) is 9.31. The lowest BCUT2D eigenvalue weighted by Gasteiger charge is -2.41. The van der Waals surface area contributed by atoms with Crippen LogP contribution in [0.15, 0.2) is 18.2 Å². The fourth-order valence-electron chi connectivity index (χ4n) is 5.95. The highest BCUT2D eigenvalue weighted by Gasteiger charge is 2.35. The highest BCUT2D eigenvalue weighted by molar-refractivity contribution is 5.87. The number of nitrogens with zero attached hydrogens (tertiary/aromatic N) is 3. The monoisotopic (exact) mass is 453 g/mol. The first-order valence-corrected chi connectivity index (χ1v) is 11.5. The van der Waals surface area contributed by atoms with E-state index in [2.05, 4.69) is 39.5 Å². The third-order valence-electron chi connectivity index (χ3n) is 7.25. The minimum atomic E-state index is -0.235. The first-order valence-electron chi connectivity index (χ1n) is 11.5. The second kappa shape index (κ2) is 10.2. The van der Waals surface area contributed by atoms with Crippen LogP contribution in [0.1, 0.15) is 61.4 Å². The SMILES string of the molecule is Cc1ccc2c(c1)c1c3n2CCN(CC(O)CN2CCCCCC2)C3CCC1.Cl.Cl. The molecule has 0 bridgehead atoms. The van der Waals surface area contributed by atoms with E-state index in [9.17, 15) is 5.11 Å². The maximum Gasteiger partial charge on any atom is 0.0794 e. The molecule has 4 nitrogen and oxygen atoms in total. The quantitative estimate of drug-likeness (QED) is 0.725. The summed E-state index contributed by atoms with van der Waals surface area (Å²) in [6.45, 7) is 8.32. The van der Waals surface area contributed by atoms with Crippen LogP contribution in [0.4, 0.5) is 0 Å². The van der Waals surface area contributed by atoms with Gasteiger partial charge in [-0.1, -0.05) is 24.5 Å². The molecule has 3 aliphatic rings. The number of β-amino-alcohol motifs (C(OH)–C–C–N with tert-alkyl or cyclic N) is 1. The lowest BCUT2D eigenvalue weighted by atomic mass is 9.89. The van der Waals surface area contributed by atoms with E-state index in [0.717, 1.165) is 39.3 Å². The molecular formula is C24H37Cl2N3O. The smallest absolute Gasteiger partial charge is 0.0794 e. The standard InChI is InChI=1S/C24H35N3O.2ClH/c1-18-9-10-22-21(15-18)20-7-6-8-23-24(20)27(22)14-13-26(23)17-19(28)16-25-11-4-2-3-5-12-25;;/h9-10,15,19,23,28H,2-8,11-14,16-17H2,1H3;2*1H. The van der Waals surface area contributed by atoms with E-state index in [1.807, 2.05) is 0 Å². The summed E-state index contributed by atoms with van der Waals surface area (Å²) in [7, 11) is 0. The number of likely N-dealkylation sites (tertiary alicyclic amines) is 1. The Kier molecular flexibility index (Phi) is 8.14. The van der Waals surface area contributed by atoms with Crippen LogP contribution < -0.4 is 0 Å².